The third kappa shape index (κ3) is 3.89. The zero-order valence-electron chi connectivity index (χ0n) is 10.4. The lowest BCUT2D eigenvalue weighted by atomic mass is 10.1. The second-order valence-corrected chi connectivity index (χ2v) is 5.60. The lowest BCUT2D eigenvalue weighted by Gasteiger charge is -2.11. The van der Waals surface area contributed by atoms with Crippen LogP contribution >= 0.6 is 0 Å². The van der Waals surface area contributed by atoms with Crippen LogP contribution in [0.2, 0.25) is 0 Å². The summed E-state index contributed by atoms with van der Waals surface area (Å²) < 4.78 is 24.7. The molecule has 98 valence electrons. The Morgan fingerprint density at radius 1 is 1.44 bits per heavy atom. The van der Waals surface area contributed by atoms with Crippen LogP contribution < -0.4 is 10.0 Å². The summed E-state index contributed by atoms with van der Waals surface area (Å²) >= 11 is 0. The highest BCUT2D eigenvalue weighted by molar-refractivity contribution is 7.92. The first-order chi connectivity index (χ1) is 8.35. The Morgan fingerprint density at radius 2 is 2.11 bits per heavy atom. The minimum Gasteiger partial charge on any atom is -0.349 e. The average molecular weight is 268 g/mol. The molecule has 1 aromatic carbocycles. The predicted molar refractivity (Wildman–Crippen MR) is 72.2 cm³/mol. The van der Waals surface area contributed by atoms with Gasteiger partial charge in [0.05, 0.1) is 11.9 Å². The van der Waals surface area contributed by atoms with Gasteiger partial charge in [0.2, 0.25) is 10.0 Å². The first-order valence-electron chi connectivity index (χ1n) is 5.31. The molecule has 0 saturated heterocycles. The van der Waals surface area contributed by atoms with Crippen molar-refractivity contribution < 1.29 is 13.2 Å². The molecule has 0 spiro atoms. The molecule has 6 heteroatoms. The van der Waals surface area contributed by atoms with Crippen molar-refractivity contribution in [2.75, 3.05) is 17.5 Å². The number of rotatable bonds is 5. The van der Waals surface area contributed by atoms with E-state index in [1.807, 2.05) is 0 Å². The van der Waals surface area contributed by atoms with Gasteiger partial charge in [-0.1, -0.05) is 12.1 Å². The molecular formula is C12H16N2O3S. The van der Waals surface area contributed by atoms with Crippen LogP contribution in [-0.4, -0.2) is 27.1 Å². The average Bonchev–Trinajstić information content (AvgIpc) is 2.27. The van der Waals surface area contributed by atoms with Crippen molar-refractivity contribution in [3.63, 3.8) is 0 Å². The van der Waals surface area contributed by atoms with Crippen LogP contribution in [0.3, 0.4) is 0 Å². The molecule has 0 aliphatic carbocycles. The van der Waals surface area contributed by atoms with Gasteiger partial charge in [-0.05, 0) is 24.6 Å². The fraction of sp³-hybridized carbons (Fsp3) is 0.250. The molecule has 0 aromatic heterocycles. The van der Waals surface area contributed by atoms with Gasteiger partial charge in [-0.3, -0.25) is 9.52 Å². The highest BCUT2D eigenvalue weighted by atomic mass is 32.2. The number of sulfonamides is 1. The van der Waals surface area contributed by atoms with Crippen LogP contribution in [0.5, 0.6) is 0 Å². The summed E-state index contributed by atoms with van der Waals surface area (Å²) in [5.74, 6) is -0.260. The highest BCUT2D eigenvalue weighted by Gasteiger charge is 2.12. The summed E-state index contributed by atoms with van der Waals surface area (Å²) in [7, 11) is -3.36. The third-order valence-corrected chi connectivity index (χ3v) is 2.87. The molecule has 0 heterocycles. The fourth-order valence-electron chi connectivity index (χ4n) is 1.45. The predicted octanol–water partition coefficient (Wildman–Crippen LogP) is 1.28. The molecule has 0 atom stereocenters. The van der Waals surface area contributed by atoms with Crippen molar-refractivity contribution in [2.24, 2.45) is 0 Å². The van der Waals surface area contributed by atoms with Gasteiger partial charge in [-0.25, -0.2) is 8.42 Å². The van der Waals surface area contributed by atoms with E-state index in [-0.39, 0.29) is 5.91 Å². The summed E-state index contributed by atoms with van der Waals surface area (Å²) in [6, 6.07) is 4.88. The van der Waals surface area contributed by atoms with Gasteiger partial charge in [0.15, 0.2) is 0 Å². The van der Waals surface area contributed by atoms with E-state index >= 15 is 0 Å². The Morgan fingerprint density at radius 3 is 2.67 bits per heavy atom. The Kier molecular flexibility index (Phi) is 4.49. The molecule has 1 amide bonds. The molecule has 1 aromatic rings. The molecule has 0 fully saturated rings. The Balaban J connectivity index is 3.05. The van der Waals surface area contributed by atoms with Gasteiger partial charge in [-0.15, -0.1) is 6.58 Å². The Hall–Kier alpha value is -1.82. The van der Waals surface area contributed by atoms with Crippen LogP contribution in [0.1, 0.15) is 15.9 Å². The SMILES string of the molecule is C=CCNC(=O)c1cccc(NS(C)(=O)=O)c1C. The minimum absolute atomic E-state index is 0.260. The van der Waals surface area contributed by atoms with Gasteiger partial charge in [0.25, 0.3) is 5.91 Å². The van der Waals surface area contributed by atoms with Gasteiger partial charge >= 0.3 is 0 Å². The van der Waals surface area contributed by atoms with Gasteiger partial charge in [0, 0.05) is 12.1 Å². The molecule has 0 bridgehead atoms. The zero-order valence-corrected chi connectivity index (χ0v) is 11.2. The van der Waals surface area contributed by atoms with Crippen LogP contribution in [0, 0.1) is 6.92 Å². The van der Waals surface area contributed by atoms with Crippen molar-refractivity contribution in [3.8, 4) is 0 Å². The van der Waals surface area contributed by atoms with E-state index in [4.69, 9.17) is 0 Å². The van der Waals surface area contributed by atoms with Crippen LogP contribution in [0.4, 0.5) is 5.69 Å². The monoisotopic (exact) mass is 268 g/mol. The lowest BCUT2D eigenvalue weighted by Crippen LogP contribution is -2.24. The van der Waals surface area contributed by atoms with E-state index in [0.29, 0.717) is 23.4 Å². The van der Waals surface area contributed by atoms with Crippen molar-refractivity contribution >= 4 is 21.6 Å². The molecule has 0 aliphatic rings. The van der Waals surface area contributed by atoms with Crippen LogP contribution in [-0.2, 0) is 10.0 Å². The standard InChI is InChI=1S/C12H16N2O3S/c1-4-8-13-12(15)10-6-5-7-11(9(10)2)14-18(3,16)17/h4-7,14H,1,8H2,2-3H3,(H,13,15). The largest absolute Gasteiger partial charge is 0.349 e. The summed E-state index contributed by atoms with van der Waals surface area (Å²) in [4.78, 5) is 11.8. The molecular weight excluding hydrogens is 252 g/mol. The number of benzene rings is 1. The minimum atomic E-state index is -3.36. The molecule has 18 heavy (non-hydrogen) atoms. The molecule has 0 unspecified atom stereocenters. The molecule has 5 nitrogen and oxygen atoms in total. The number of hydrogen-bond donors (Lipinski definition) is 2. The van der Waals surface area contributed by atoms with E-state index < -0.39 is 10.0 Å². The summed E-state index contributed by atoms with van der Waals surface area (Å²) in [6.45, 7) is 5.56. The van der Waals surface area contributed by atoms with Crippen LogP contribution in [0.25, 0.3) is 0 Å². The summed E-state index contributed by atoms with van der Waals surface area (Å²) in [5, 5.41) is 2.65. The number of hydrogen-bond acceptors (Lipinski definition) is 3. The topological polar surface area (TPSA) is 75.3 Å². The number of carbonyl (C=O) groups excluding carboxylic acids is 1. The quantitative estimate of drug-likeness (QED) is 0.790. The molecule has 0 aliphatic heterocycles. The van der Waals surface area contributed by atoms with Crippen molar-refractivity contribution in [3.05, 3.63) is 42.0 Å². The third-order valence-electron chi connectivity index (χ3n) is 2.28. The van der Waals surface area contributed by atoms with Gasteiger partial charge < -0.3 is 5.32 Å². The molecule has 2 N–H and O–H groups in total. The van der Waals surface area contributed by atoms with E-state index in [2.05, 4.69) is 16.6 Å². The fourth-order valence-corrected chi connectivity index (χ4v) is 2.07. The second-order valence-electron chi connectivity index (χ2n) is 3.85. The molecule has 1 rings (SSSR count). The second kappa shape index (κ2) is 5.68. The highest BCUT2D eigenvalue weighted by Crippen LogP contribution is 2.19. The van der Waals surface area contributed by atoms with Crippen LogP contribution in [0.15, 0.2) is 30.9 Å². The normalized spacial score (nSPS) is 10.8. The lowest BCUT2D eigenvalue weighted by molar-refractivity contribution is 0.0957. The molecule has 0 radical (unpaired) electrons. The number of carbonyl (C=O) groups is 1. The Labute approximate surface area is 107 Å². The smallest absolute Gasteiger partial charge is 0.251 e. The maximum atomic E-state index is 11.8. The first kappa shape index (κ1) is 14.2. The maximum absolute atomic E-state index is 11.8. The maximum Gasteiger partial charge on any atom is 0.251 e. The van der Waals surface area contributed by atoms with Gasteiger partial charge in [0.1, 0.15) is 0 Å². The number of amides is 1. The van der Waals surface area contributed by atoms with Crippen molar-refractivity contribution in [1.29, 1.82) is 0 Å². The molecule has 0 saturated carbocycles. The first-order valence-corrected chi connectivity index (χ1v) is 7.21. The number of nitrogens with one attached hydrogen (secondary N) is 2. The Bertz CT molecular complexity index is 565. The van der Waals surface area contributed by atoms with E-state index in [9.17, 15) is 13.2 Å². The van der Waals surface area contributed by atoms with E-state index in [1.165, 1.54) is 0 Å². The summed E-state index contributed by atoms with van der Waals surface area (Å²) in [5.41, 5.74) is 1.43. The summed E-state index contributed by atoms with van der Waals surface area (Å²) in [6.07, 6.45) is 2.64. The van der Waals surface area contributed by atoms with Crippen molar-refractivity contribution in [1.82, 2.24) is 5.32 Å². The van der Waals surface area contributed by atoms with E-state index in [0.717, 1.165) is 6.26 Å². The zero-order chi connectivity index (χ0) is 13.8. The number of anilines is 1. The van der Waals surface area contributed by atoms with Gasteiger partial charge in [-0.2, -0.15) is 0 Å². The van der Waals surface area contributed by atoms with E-state index in [1.54, 1.807) is 31.2 Å². The van der Waals surface area contributed by atoms with Crippen molar-refractivity contribution in [2.45, 2.75) is 6.92 Å².